The first kappa shape index (κ1) is 9.93. The lowest BCUT2D eigenvalue weighted by molar-refractivity contribution is 0.0272. The van der Waals surface area contributed by atoms with Crippen molar-refractivity contribution < 1.29 is 24.8 Å². The summed E-state index contributed by atoms with van der Waals surface area (Å²) in [6, 6.07) is 0. The zero-order chi connectivity index (χ0) is 8.58. The van der Waals surface area contributed by atoms with E-state index < -0.39 is 22.6 Å². The van der Waals surface area contributed by atoms with Gasteiger partial charge in [0.15, 0.2) is 0 Å². The predicted octanol–water partition coefficient (Wildman–Crippen LogP) is 3.40. The topological polar surface area (TPSA) is 0 Å². The largest absolute Gasteiger partial charge is 0.287 e. The van der Waals surface area contributed by atoms with Crippen LogP contribution in [0.2, 0.25) is 0 Å². The molecule has 1 unspecified atom stereocenters. The van der Waals surface area contributed by atoms with Crippen LogP contribution in [0, 0.1) is 0 Å². The Morgan fingerprint density at radius 3 is 1.50 bits per heavy atom. The van der Waals surface area contributed by atoms with Crippen LogP contribution in [0.15, 0.2) is 0 Å². The molecule has 0 amide bonds. The first-order valence-corrected chi connectivity index (χ1v) is 3.42. The van der Waals surface area contributed by atoms with Gasteiger partial charge < -0.3 is 0 Å². The average molecular weight is 186 g/mol. The lowest BCUT2D eigenvalue weighted by atomic mass is 10.5. The van der Waals surface area contributed by atoms with Gasteiger partial charge in [-0.05, 0) is 6.92 Å². The van der Waals surface area contributed by atoms with Crippen molar-refractivity contribution in [1.82, 2.24) is 0 Å². The fourth-order valence-corrected chi connectivity index (χ4v) is 0.303. The van der Waals surface area contributed by atoms with Crippen LogP contribution in [-0.2, 0) is 0 Å². The molecule has 0 aliphatic rings. The van der Waals surface area contributed by atoms with Gasteiger partial charge in [0.1, 0.15) is 0 Å². The van der Waals surface area contributed by atoms with Crippen LogP contribution >= 0.6 is 11.2 Å². The van der Waals surface area contributed by atoms with Gasteiger partial charge in [-0.15, -0.1) is 11.7 Å². The van der Waals surface area contributed by atoms with E-state index in [0.717, 1.165) is 0 Å². The lowest BCUT2D eigenvalue weighted by Gasteiger charge is -2.24. The minimum atomic E-state index is -6.32. The molecule has 0 saturated heterocycles. The van der Waals surface area contributed by atoms with Gasteiger partial charge in [0.05, 0.1) is 0 Å². The van der Waals surface area contributed by atoms with Crippen molar-refractivity contribution in [3.63, 3.8) is 0 Å². The summed E-state index contributed by atoms with van der Waals surface area (Å²) in [5, 5.41) is -4.31. The van der Waals surface area contributed by atoms with Gasteiger partial charge in [-0.1, -0.05) is 0 Å². The van der Waals surface area contributed by atoms with Gasteiger partial charge in [-0.3, -0.25) is 0 Å². The van der Waals surface area contributed by atoms with Crippen molar-refractivity contribution in [2.75, 3.05) is 0 Å². The second-order valence-corrected chi connectivity index (χ2v) is 3.30. The number of halogens is 6. The van der Waals surface area contributed by atoms with Crippen LogP contribution in [-0.4, -0.2) is 11.4 Å². The molecule has 0 fully saturated rings. The summed E-state index contributed by atoms with van der Waals surface area (Å²) < 4.78 is 68.3. The summed E-state index contributed by atoms with van der Waals surface area (Å²) in [6.45, 7) is -0.160. The number of alkyl halides is 3. The minimum Gasteiger partial charge on any atom is -0.219 e. The molecule has 0 heterocycles. The molecule has 0 nitrogen and oxygen atoms in total. The van der Waals surface area contributed by atoms with Gasteiger partial charge in [-0.2, -0.15) is 0 Å². The molecule has 0 bridgehead atoms. The smallest absolute Gasteiger partial charge is 0.219 e. The average Bonchev–Trinajstić information content (AvgIpc) is 1.62. The molecule has 0 aliphatic heterocycles. The molecule has 0 rings (SSSR count). The van der Waals surface area contributed by atoms with E-state index in [4.69, 9.17) is 0 Å². The lowest BCUT2D eigenvalue weighted by Crippen LogP contribution is -2.28. The van der Waals surface area contributed by atoms with Crippen LogP contribution in [0.5, 0.6) is 0 Å². The number of hydrogen-bond donors (Lipinski definition) is 0. The van der Waals surface area contributed by atoms with Gasteiger partial charge >= 0.3 is 0 Å². The fourth-order valence-electron chi connectivity index (χ4n) is 0.101. The van der Waals surface area contributed by atoms with Crippen LogP contribution in [0.3, 0.4) is 0 Å². The molecular formula is C3H4F6S. The summed E-state index contributed by atoms with van der Waals surface area (Å²) in [5.41, 5.74) is 0. The number of hydrogen-bond acceptors (Lipinski definition) is 0. The number of rotatable bonds is 2. The maximum Gasteiger partial charge on any atom is 0.287 e. The molecule has 1 atom stereocenters. The molecule has 0 aliphatic carbocycles. The van der Waals surface area contributed by atoms with E-state index in [1.54, 1.807) is 0 Å². The molecule has 0 aromatic carbocycles. The summed E-state index contributed by atoms with van der Waals surface area (Å²) in [4.78, 5) is 0. The van der Waals surface area contributed by atoms with Crippen molar-refractivity contribution in [2.45, 2.75) is 18.3 Å². The Labute approximate surface area is 55.4 Å². The van der Waals surface area contributed by atoms with E-state index in [0.29, 0.717) is 0 Å². The van der Waals surface area contributed by atoms with Crippen LogP contribution in [0.1, 0.15) is 6.92 Å². The quantitative estimate of drug-likeness (QED) is 0.580. The molecule has 0 aromatic heterocycles. The third-order valence-electron chi connectivity index (χ3n) is 0.842. The second-order valence-electron chi connectivity index (χ2n) is 1.69. The summed E-state index contributed by atoms with van der Waals surface area (Å²) in [5.74, 6) is 0. The van der Waals surface area contributed by atoms with Gasteiger partial charge in [0.2, 0.25) is 11.2 Å². The maximum absolute atomic E-state index is 11.9. The molecule has 64 valence electrons. The molecule has 0 saturated carbocycles. The van der Waals surface area contributed by atoms with Crippen molar-refractivity contribution in [1.29, 1.82) is 0 Å². The zero-order valence-electron chi connectivity index (χ0n) is 4.75. The molecule has 10 heavy (non-hydrogen) atoms. The molecule has 0 aromatic rings. The standard InChI is InChI=1S/C3H4F6S/c1-3(6,2(4)5)10(7,8)9/h2H,1H3. The second kappa shape index (κ2) is 2.52. The Hall–Kier alpha value is -0.0700. The molecule has 7 heteroatoms. The van der Waals surface area contributed by atoms with E-state index in [-0.39, 0.29) is 6.92 Å². The van der Waals surface area contributed by atoms with Crippen LogP contribution in [0.4, 0.5) is 24.8 Å². The predicted molar refractivity (Wildman–Crippen MR) is 26.4 cm³/mol. The van der Waals surface area contributed by atoms with E-state index in [1.165, 1.54) is 0 Å². The van der Waals surface area contributed by atoms with Gasteiger partial charge in [-0.25, -0.2) is 13.2 Å². The molecule has 0 radical (unpaired) electrons. The Balaban J connectivity index is 4.40. The van der Waals surface area contributed by atoms with E-state index in [1.807, 2.05) is 0 Å². The van der Waals surface area contributed by atoms with E-state index in [9.17, 15) is 24.8 Å². The van der Waals surface area contributed by atoms with Crippen molar-refractivity contribution in [3.05, 3.63) is 0 Å². The highest BCUT2D eigenvalue weighted by Crippen LogP contribution is 2.66. The highest BCUT2D eigenvalue weighted by molar-refractivity contribution is 8.21. The summed E-state index contributed by atoms with van der Waals surface area (Å²) in [7, 11) is 0. The molecule has 0 spiro atoms. The van der Waals surface area contributed by atoms with Crippen molar-refractivity contribution in [3.8, 4) is 0 Å². The summed E-state index contributed by atoms with van der Waals surface area (Å²) >= 11 is -6.32. The first-order chi connectivity index (χ1) is 4.19. The summed E-state index contributed by atoms with van der Waals surface area (Å²) in [6.07, 6.45) is -4.00. The zero-order valence-corrected chi connectivity index (χ0v) is 5.57. The molecule has 0 N–H and O–H groups in total. The monoisotopic (exact) mass is 186 g/mol. The Morgan fingerprint density at radius 1 is 1.20 bits per heavy atom. The first-order valence-electron chi connectivity index (χ1n) is 2.08. The maximum atomic E-state index is 11.9. The van der Waals surface area contributed by atoms with E-state index >= 15 is 0 Å². The van der Waals surface area contributed by atoms with Crippen LogP contribution < -0.4 is 0 Å². The SMILES string of the molecule is CC(F)(C(F)F)S(F)(F)F. The highest BCUT2D eigenvalue weighted by Gasteiger charge is 2.55. The van der Waals surface area contributed by atoms with Crippen LogP contribution in [0.25, 0.3) is 0 Å². The highest BCUT2D eigenvalue weighted by atomic mass is 32.3. The minimum absolute atomic E-state index is 0.160. The van der Waals surface area contributed by atoms with Gasteiger partial charge in [0, 0.05) is 0 Å². The Kier molecular flexibility index (Phi) is 2.50. The molecular weight excluding hydrogens is 182 g/mol. The Bertz CT molecular complexity index is 115. The van der Waals surface area contributed by atoms with Crippen molar-refractivity contribution in [2.24, 2.45) is 0 Å². The normalized spacial score (nSPS) is 20.8. The third-order valence-corrected chi connectivity index (χ3v) is 1.93. The van der Waals surface area contributed by atoms with E-state index in [2.05, 4.69) is 0 Å². The fraction of sp³-hybridized carbons (Fsp3) is 1.00. The Morgan fingerprint density at radius 2 is 1.50 bits per heavy atom. The third kappa shape index (κ3) is 1.71. The van der Waals surface area contributed by atoms with Crippen molar-refractivity contribution >= 4 is 11.2 Å². The van der Waals surface area contributed by atoms with Gasteiger partial charge in [0.25, 0.3) is 11.4 Å².